The molecule has 10 heavy (non-hydrogen) atoms. The highest BCUT2D eigenvalue weighted by atomic mass is 16.6. The highest BCUT2D eigenvalue weighted by Gasteiger charge is 2.09. The standard InChI is InChI=1S/C5H6N4O/c1-2-10-8-5(1)9-4-6-3-7-9/h3-4H,1-2H2. The van der Waals surface area contributed by atoms with E-state index < -0.39 is 0 Å². The van der Waals surface area contributed by atoms with Gasteiger partial charge in [-0.05, 0) is 0 Å². The third-order valence-corrected chi connectivity index (χ3v) is 1.27. The lowest BCUT2D eigenvalue weighted by Crippen LogP contribution is -2.09. The van der Waals surface area contributed by atoms with Gasteiger partial charge in [0.25, 0.3) is 0 Å². The molecule has 0 N–H and O–H groups in total. The van der Waals surface area contributed by atoms with E-state index in [2.05, 4.69) is 15.2 Å². The van der Waals surface area contributed by atoms with E-state index in [1.165, 1.54) is 6.33 Å². The third-order valence-electron chi connectivity index (χ3n) is 1.27. The lowest BCUT2D eigenvalue weighted by Gasteiger charge is -1.91. The fraction of sp³-hybridized carbons (Fsp3) is 0.400. The largest absolute Gasteiger partial charge is 0.394 e. The highest BCUT2D eigenvalue weighted by molar-refractivity contribution is 5.83. The van der Waals surface area contributed by atoms with E-state index in [1.54, 1.807) is 11.0 Å². The Morgan fingerprint density at radius 1 is 1.60 bits per heavy atom. The number of rotatable bonds is 0. The van der Waals surface area contributed by atoms with Crippen LogP contribution >= 0.6 is 0 Å². The van der Waals surface area contributed by atoms with Gasteiger partial charge < -0.3 is 4.84 Å². The first-order chi connectivity index (χ1) is 4.97. The van der Waals surface area contributed by atoms with Gasteiger partial charge >= 0.3 is 0 Å². The monoisotopic (exact) mass is 138 g/mol. The van der Waals surface area contributed by atoms with Crippen LogP contribution in [0.3, 0.4) is 0 Å². The van der Waals surface area contributed by atoms with Crippen LogP contribution in [0.25, 0.3) is 0 Å². The summed E-state index contributed by atoms with van der Waals surface area (Å²) in [6.45, 7) is 0.648. The summed E-state index contributed by atoms with van der Waals surface area (Å²) in [7, 11) is 0. The lowest BCUT2D eigenvalue weighted by atomic mass is 10.4. The Hall–Kier alpha value is -1.39. The van der Waals surface area contributed by atoms with Crippen LogP contribution in [-0.2, 0) is 4.84 Å². The number of aromatic nitrogens is 3. The van der Waals surface area contributed by atoms with Gasteiger partial charge in [-0.15, -0.1) is 0 Å². The van der Waals surface area contributed by atoms with E-state index in [0.717, 1.165) is 12.3 Å². The summed E-state index contributed by atoms with van der Waals surface area (Å²) in [6.07, 6.45) is 3.89. The van der Waals surface area contributed by atoms with Gasteiger partial charge in [-0.25, -0.2) is 9.67 Å². The van der Waals surface area contributed by atoms with E-state index in [0.29, 0.717) is 6.61 Å². The van der Waals surface area contributed by atoms with E-state index in [-0.39, 0.29) is 0 Å². The molecule has 0 aliphatic carbocycles. The molecule has 0 saturated heterocycles. The molecular formula is C5H6N4O. The summed E-state index contributed by atoms with van der Waals surface area (Å²) < 4.78 is 1.60. The maximum atomic E-state index is 4.78. The number of nitrogens with zero attached hydrogens (tertiary/aromatic N) is 4. The van der Waals surface area contributed by atoms with Crippen molar-refractivity contribution in [1.29, 1.82) is 0 Å². The predicted molar refractivity (Wildman–Crippen MR) is 33.4 cm³/mol. The first kappa shape index (κ1) is 5.40. The molecule has 0 aromatic carbocycles. The topological polar surface area (TPSA) is 52.3 Å². The summed E-state index contributed by atoms with van der Waals surface area (Å²) in [5, 5.41) is 7.65. The van der Waals surface area contributed by atoms with Gasteiger partial charge in [0.2, 0.25) is 0 Å². The Balaban J connectivity index is 2.28. The van der Waals surface area contributed by atoms with Crippen LogP contribution in [0, 0.1) is 0 Å². The zero-order valence-electron chi connectivity index (χ0n) is 5.27. The van der Waals surface area contributed by atoms with Crippen molar-refractivity contribution < 1.29 is 4.84 Å². The molecule has 0 amide bonds. The van der Waals surface area contributed by atoms with Gasteiger partial charge in [0.15, 0.2) is 5.84 Å². The van der Waals surface area contributed by atoms with Crippen molar-refractivity contribution in [3.63, 3.8) is 0 Å². The summed E-state index contributed by atoms with van der Waals surface area (Å²) in [5.74, 6) is 0.817. The smallest absolute Gasteiger partial charge is 0.174 e. The third kappa shape index (κ3) is 0.754. The molecule has 0 fully saturated rings. The summed E-state index contributed by atoms with van der Waals surface area (Å²) in [5.41, 5.74) is 0. The van der Waals surface area contributed by atoms with Gasteiger partial charge in [0.1, 0.15) is 19.3 Å². The maximum Gasteiger partial charge on any atom is 0.174 e. The van der Waals surface area contributed by atoms with Gasteiger partial charge in [0.05, 0.1) is 0 Å². The SMILES string of the molecule is c1ncn(C2=NOCC2)n1. The first-order valence-electron chi connectivity index (χ1n) is 3.00. The summed E-state index contributed by atoms with van der Waals surface area (Å²) in [6, 6.07) is 0. The average Bonchev–Trinajstić information content (AvgIpc) is 2.59. The quantitative estimate of drug-likeness (QED) is 0.501. The van der Waals surface area contributed by atoms with Crippen molar-refractivity contribution in [2.45, 2.75) is 6.42 Å². The number of hydrogen-bond acceptors (Lipinski definition) is 4. The normalized spacial score (nSPS) is 16.6. The molecule has 2 heterocycles. The van der Waals surface area contributed by atoms with Crippen molar-refractivity contribution in [2.75, 3.05) is 6.61 Å². The zero-order chi connectivity index (χ0) is 6.81. The zero-order valence-corrected chi connectivity index (χ0v) is 5.27. The molecule has 0 unspecified atom stereocenters. The van der Waals surface area contributed by atoms with Crippen LogP contribution in [0.5, 0.6) is 0 Å². The fourth-order valence-corrected chi connectivity index (χ4v) is 0.801. The molecule has 1 aliphatic heterocycles. The molecule has 0 radical (unpaired) electrons. The fourth-order valence-electron chi connectivity index (χ4n) is 0.801. The van der Waals surface area contributed by atoms with Crippen LogP contribution in [0.1, 0.15) is 6.42 Å². The molecule has 1 aliphatic rings. The molecule has 0 bridgehead atoms. The molecule has 0 spiro atoms. The van der Waals surface area contributed by atoms with Crippen LogP contribution in [-0.4, -0.2) is 27.2 Å². The Labute approximate surface area is 57.3 Å². The Bertz CT molecular complexity index is 240. The molecule has 0 atom stereocenters. The van der Waals surface area contributed by atoms with Crippen molar-refractivity contribution in [3.05, 3.63) is 12.7 Å². The summed E-state index contributed by atoms with van der Waals surface area (Å²) >= 11 is 0. The minimum atomic E-state index is 0.648. The Morgan fingerprint density at radius 2 is 2.60 bits per heavy atom. The average molecular weight is 138 g/mol. The van der Waals surface area contributed by atoms with Gasteiger partial charge in [-0.1, -0.05) is 5.16 Å². The van der Waals surface area contributed by atoms with E-state index >= 15 is 0 Å². The van der Waals surface area contributed by atoms with Crippen LogP contribution < -0.4 is 0 Å². The molecule has 52 valence electrons. The van der Waals surface area contributed by atoms with Gasteiger partial charge in [-0.2, -0.15) is 5.10 Å². The molecular weight excluding hydrogens is 132 g/mol. The molecule has 0 saturated carbocycles. The lowest BCUT2D eigenvalue weighted by molar-refractivity contribution is 0.173. The maximum absolute atomic E-state index is 4.78. The Kier molecular flexibility index (Phi) is 1.13. The first-order valence-corrected chi connectivity index (χ1v) is 3.00. The van der Waals surface area contributed by atoms with Crippen molar-refractivity contribution in [2.24, 2.45) is 5.16 Å². The molecule has 5 nitrogen and oxygen atoms in total. The molecule has 1 aromatic heterocycles. The second-order valence-corrected chi connectivity index (χ2v) is 1.93. The molecule has 5 heteroatoms. The molecule has 2 rings (SSSR count). The second-order valence-electron chi connectivity index (χ2n) is 1.93. The van der Waals surface area contributed by atoms with Crippen LogP contribution in [0.15, 0.2) is 17.8 Å². The highest BCUT2D eigenvalue weighted by Crippen LogP contribution is 2.00. The van der Waals surface area contributed by atoms with E-state index in [9.17, 15) is 0 Å². The minimum Gasteiger partial charge on any atom is -0.394 e. The van der Waals surface area contributed by atoms with Crippen molar-refractivity contribution >= 4 is 5.84 Å². The van der Waals surface area contributed by atoms with Gasteiger partial charge in [0, 0.05) is 6.42 Å². The number of hydrogen-bond donors (Lipinski definition) is 0. The van der Waals surface area contributed by atoms with Crippen LogP contribution in [0.4, 0.5) is 0 Å². The van der Waals surface area contributed by atoms with Gasteiger partial charge in [-0.3, -0.25) is 0 Å². The van der Waals surface area contributed by atoms with Crippen molar-refractivity contribution in [1.82, 2.24) is 14.8 Å². The van der Waals surface area contributed by atoms with Crippen molar-refractivity contribution in [3.8, 4) is 0 Å². The van der Waals surface area contributed by atoms with Crippen LogP contribution in [0.2, 0.25) is 0 Å². The van der Waals surface area contributed by atoms with E-state index in [4.69, 9.17) is 4.84 Å². The molecule has 1 aromatic rings. The number of oxime groups is 1. The second kappa shape index (κ2) is 2.09. The summed E-state index contributed by atoms with van der Waals surface area (Å²) in [4.78, 5) is 8.56. The Morgan fingerprint density at radius 3 is 3.20 bits per heavy atom. The minimum absolute atomic E-state index is 0.648. The predicted octanol–water partition coefficient (Wildman–Crippen LogP) is -0.140. The van der Waals surface area contributed by atoms with E-state index in [1.807, 2.05) is 0 Å².